The number of nitrogens with two attached hydrogens (primary N) is 1. The van der Waals surface area contributed by atoms with Crippen LogP contribution in [0.2, 0.25) is 0 Å². The van der Waals surface area contributed by atoms with Gasteiger partial charge in [0.15, 0.2) is 0 Å². The minimum absolute atomic E-state index is 0.0935. The van der Waals surface area contributed by atoms with Crippen LogP contribution >= 0.6 is 0 Å². The lowest BCUT2D eigenvalue weighted by Gasteiger charge is -2.08. The molecule has 0 aliphatic carbocycles. The summed E-state index contributed by atoms with van der Waals surface area (Å²) in [6.07, 6.45) is 0. The van der Waals surface area contributed by atoms with Gasteiger partial charge in [-0.3, -0.25) is 10.1 Å². The molecule has 0 heterocycles. The molecule has 0 aliphatic rings. The first-order valence-electron chi connectivity index (χ1n) is 6.01. The van der Waals surface area contributed by atoms with Gasteiger partial charge >= 0.3 is 0 Å². The van der Waals surface area contributed by atoms with E-state index in [1.165, 1.54) is 18.2 Å². The van der Waals surface area contributed by atoms with Crippen LogP contribution in [0.5, 0.6) is 11.5 Å². The first kappa shape index (κ1) is 13.7. The van der Waals surface area contributed by atoms with E-state index < -0.39 is 4.92 Å². The van der Waals surface area contributed by atoms with Crippen molar-refractivity contribution in [1.29, 1.82) is 0 Å². The van der Waals surface area contributed by atoms with Crippen LogP contribution in [-0.4, -0.2) is 18.1 Å². The van der Waals surface area contributed by atoms with Crippen molar-refractivity contribution in [3.8, 4) is 11.5 Å². The maximum absolute atomic E-state index is 10.7. The molecule has 0 spiro atoms. The van der Waals surface area contributed by atoms with Crippen molar-refractivity contribution >= 4 is 11.4 Å². The number of para-hydroxylation sites is 1. The number of hydrogen-bond donors (Lipinski definition) is 1. The van der Waals surface area contributed by atoms with E-state index in [0.29, 0.717) is 12.4 Å². The van der Waals surface area contributed by atoms with Crippen LogP contribution < -0.4 is 15.2 Å². The summed E-state index contributed by atoms with van der Waals surface area (Å²) in [5, 5.41) is 10.7. The second-order valence-electron chi connectivity index (χ2n) is 4.03. The zero-order chi connectivity index (χ0) is 14.4. The smallest absolute Gasteiger partial charge is 0.275 e. The summed E-state index contributed by atoms with van der Waals surface area (Å²) in [5.41, 5.74) is 5.77. The molecule has 2 N–H and O–H groups in total. The Hall–Kier alpha value is -2.76. The third kappa shape index (κ3) is 3.88. The monoisotopic (exact) mass is 274 g/mol. The molecule has 6 heteroatoms. The lowest BCUT2D eigenvalue weighted by Crippen LogP contribution is -2.09. The number of nitro groups is 1. The Morgan fingerprint density at radius 1 is 1.00 bits per heavy atom. The number of ether oxygens (including phenoxy) is 2. The maximum Gasteiger partial charge on any atom is 0.275 e. The van der Waals surface area contributed by atoms with Crippen LogP contribution in [-0.2, 0) is 0 Å². The van der Waals surface area contributed by atoms with Crippen molar-refractivity contribution < 1.29 is 14.4 Å². The zero-order valence-corrected chi connectivity index (χ0v) is 10.7. The zero-order valence-electron chi connectivity index (χ0n) is 10.7. The normalized spacial score (nSPS) is 10.0. The van der Waals surface area contributed by atoms with Gasteiger partial charge in [0.05, 0.1) is 11.0 Å². The molecule has 0 radical (unpaired) electrons. The van der Waals surface area contributed by atoms with Gasteiger partial charge in [0.2, 0.25) is 0 Å². The number of rotatable bonds is 6. The minimum Gasteiger partial charge on any atom is -0.490 e. The highest BCUT2D eigenvalue weighted by Crippen LogP contribution is 2.24. The van der Waals surface area contributed by atoms with E-state index >= 15 is 0 Å². The quantitative estimate of drug-likeness (QED) is 0.378. The summed E-state index contributed by atoms with van der Waals surface area (Å²) in [6.45, 7) is 0.613. The van der Waals surface area contributed by atoms with Gasteiger partial charge in [0.1, 0.15) is 24.7 Å². The molecule has 0 bridgehead atoms. The molecule has 20 heavy (non-hydrogen) atoms. The molecule has 0 aliphatic heterocycles. The third-order valence-corrected chi connectivity index (χ3v) is 2.49. The third-order valence-electron chi connectivity index (χ3n) is 2.49. The molecule has 0 amide bonds. The van der Waals surface area contributed by atoms with E-state index in [-0.39, 0.29) is 18.0 Å². The van der Waals surface area contributed by atoms with E-state index in [0.717, 1.165) is 5.75 Å². The average Bonchev–Trinajstić information content (AvgIpc) is 2.44. The summed E-state index contributed by atoms with van der Waals surface area (Å²) in [4.78, 5) is 10.2. The SMILES string of the molecule is Nc1cc(OCCOc2ccccc2)cc([N+](=O)[O-])c1. The highest BCUT2D eigenvalue weighted by atomic mass is 16.6. The molecule has 104 valence electrons. The van der Waals surface area contributed by atoms with Gasteiger partial charge in [-0.1, -0.05) is 18.2 Å². The average molecular weight is 274 g/mol. The Balaban J connectivity index is 1.86. The topological polar surface area (TPSA) is 87.6 Å². The number of nitro benzene ring substituents is 1. The standard InChI is InChI=1S/C14H14N2O4/c15-11-8-12(16(17)18)10-14(9-11)20-7-6-19-13-4-2-1-3-5-13/h1-5,8-10H,6-7,15H2. The van der Waals surface area contributed by atoms with Gasteiger partial charge in [-0.15, -0.1) is 0 Å². The fourth-order valence-electron chi connectivity index (χ4n) is 1.63. The van der Waals surface area contributed by atoms with Crippen molar-refractivity contribution in [3.05, 3.63) is 58.6 Å². The van der Waals surface area contributed by atoms with Crippen molar-refractivity contribution in [2.24, 2.45) is 0 Å². The predicted molar refractivity (Wildman–Crippen MR) is 74.9 cm³/mol. The molecule has 6 nitrogen and oxygen atoms in total. The number of benzene rings is 2. The second kappa shape index (κ2) is 6.42. The Bertz CT molecular complexity index is 587. The fourth-order valence-corrected chi connectivity index (χ4v) is 1.63. The summed E-state index contributed by atoms with van der Waals surface area (Å²) in [6, 6.07) is 13.5. The van der Waals surface area contributed by atoms with Crippen molar-refractivity contribution in [2.45, 2.75) is 0 Å². The van der Waals surface area contributed by atoms with Crippen molar-refractivity contribution in [3.63, 3.8) is 0 Å². The van der Waals surface area contributed by atoms with E-state index in [1.807, 2.05) is 30.3 Å². The van der Waals surface area contributed by atoms with Crippen LogP contribution in [0.1, 0.15) is 0 Å². The van der Waals surface area contributed by atoms with Gasteiger partial charge in [0, 0.05) is 17.8 Å². The van der Waals surface area contributed by atoms with Gasteiger partial charge in [0.25, 0.3) is 5.69 Å². The molecular formula is C14H14N2O4. The maximum atomic E-state index is 10.7. The Morgan fingerprint density at radius 3 is 2.30 bits per heavy atom. The largest absolute Gasteiger partial charge is 0.490 e. The highest BCUT2D eigenvalue weighted by molar-refractivity contribution is 5.53. The predicted octanol–water partition coefficient (Wildman–Crippen LogP) is 2.63. The first-order chi connectivity index (χ1) is 9.65. The highest BCUT2D eigenvalue weighted by Gasteiger charge is 2.09. The van der Waals surface area contributed by atoms with E-state index in [9.17, 15) is 10.1 Å². The molecule has 0 saturated heterocycles. The Kier molecular flexibility index (Phi) is 4.39. The number of anilines is 1. The number of non-ortho nitro benzene ring substituents is 1. The van der Waals surface area contributed by atoms with Gasteiger partial charge in [-0.25, -0.2) is 0 Å². The summed E-state index contributed by atoms with van der Waals surface area (Å²) < 4.78 is 10.8. The molecule has 2 rings (SSSR count). The Labute approximate surface area is 115 Å². The minimum atomic E-state index is -0.510. The van der Waals surface area contributed by atoms with Crippen LogP contribution in [0.4, 0.5) is 11.4 Å². The molecule has 0 unspecified atom stereocenters. The summed E-state index contributed by atoms with van der Waals surface area (Å²) in [7, 11) is 0. The number of nitrogens with zero attached hydrogens (tertiary/aromatic N) is 1. The summed E-state index contributed by atoms with van der Waals surface area (Å²) in [5.74, 6) is 1.10. The van der Waals surface area contributed by atoms with Crippen molar-refractivity contribution in [1.82, 2.24) is 0 Å². The number of hydrogen-bond acceptors (Lipinski definition) is 5. The van der Waals surface area contributed by atoms with Gasteiger partial charge < -0.3 is 15.2 Å². The molecule has 0 saturated carbocycles. The lowest BCUT2D eigenvalue weighted by atomic mass is 10.2. The van der Waals surface area contributed by atoms with Crippen molar-refractivity contribution in [2.75, 3.05) is 18.9 Å². The molecule has 0 atom stereocenters. The summed E-state index contributed by atoms with van der Waals surface area (Å²) >= 11 is 0. The first-order valence-corrected chi connectivity index (χ1v) is 6.01. The van der Waals surface area contributed by atoms with Crippen LogP contribution in [0, 0.1) is 10.1 Å². The fraction of sp³-hybridized carbons (Fsp3) is 0.143. The molecule has 2 aromatic rings. The van der Waals surface area contributed by atoms with Gasteiger partial charge in [-0.2, -0.15) is 0 Å². The molecule has 0 fully saturated rings. The molecule has 0 aromatic heterocycles. The Morgan fingerprint density at radius 2 is 1.65 bits per heavy atom. The molecule has 2 aromatic carbocycles. The van der Waals surface area contributed by atoms with Gasteiger partial charge in [-0.05, 0) is 12.1 Å². The molecular weight excluding hydrogens is 260 g/mol. The van der Waals surface area contributed by atoms with E-state index in [1.54, 1.807) is 0 Å². The lowest BCUT2D eigenvalue weighted by molar-refractivity contribution is -0.384. The number of nitrogen functional groups attached to an aromatic ring is 1. The van der Waals surface area contributed by atoms with E-state index in [2.05, 4.69) is 0 Å². The van der Waals surface area contributed by atoms with Crippen LogP contribution in [0.15, 0.2) is 48.5 Å². The van der Waals surface area contributed by atoms with E-state index in [4.69, 9.17) is 15.2 Å². The second-order valence-corrected chi connectivity index (χ2v) is 4.03. The van der Waals surface area contributed by atoms with Crippen LogP contribution in [0.3, 0.4) is 0 Å². The van der Waals surface area contributed by atoms with Crippen LogP contribution in [0.25, 0.3) is 0 Å².